The van der Waals surface area contributed by atoms with Gasteiger partial charge in [0.25, 0.3) is 0 Å². The van der Waals surface area contributed by atoms with E-state index >= 15 is 0 Å². The van der Waals surface area contributed by atoms with Gasteiger partial charge in [-0.15, -0.1) is 0 Å². The SMILES string of the molecule is CC1CCC(OC(=O)CN2C(=O)CNc3ccccc32)CC1. The van der Waals surface area contributed by atoms with Crippen molar-refractivity contribution in [1.29, 1.82) is 0 Å². The number of anilines is 2. The summed E-state index contributed by atoms with van der Waals surface area (Å²) in [5, 5.41) is 3.06. The van der Waals surface area contributed by atoms with Crippen LogP contribution >= 0.6 is 0 Å². The van der Waals surface area contributed by atoms with Gasteiger partial charge in [-0.3, -0.25) is 14.5 Å². The van der Waals surface area contributed by atoms with E-state index < -0.39 is 0 Å². The molecule has 0 atom stereocenters. The van der Waals surface area contributed by atoms with Gasteiger partial charge in [-0.05, 0) is 43.7 Å². The van der Waals surface area contributed by atoms with Gasteiger partial charge in [0.15, 0.2) is 0 Å². The molecule has 5 nitrogen and oxygen atoms in total. The zero-order valence-corrected chi connectivity index (χ0v) is 12.9. The highest BCUT2D eigenvalue weighted by atomic mass is 16.5. The Morgan fingerprint density at radius 2 is 2.00 bits per heavy atom. The molecule has 1 amide bonds. The van der Waals surface area contributed by atoms with Crippen LogP contribution in [0.1, 0.15) is 32.6 Å². The van der Waals surface area contributed by atoms with E-state index in [9.17, 15) is 9.59 Å². The maximum Gasteiger partial charge on any atom is 0.326 e. The van der Waals surface area contributed by atoms with Gasteiger partial charge >= 0.3 is 5.97 Å². The molecule has 1 aromatic rings. The Morgan fingerprint density at radius 3 is 2.77 bits per heavy atom. The minimum Gasteiger partial charge on any atom is -0.461 e. The highest BCUT2D eigenvalue weighted by Gasteiger charge is 2.28. The summed E-state index contributed by atoms with van der Waals surface area (Å²) in [6.45, 7) is 2.43. The van der Waals surface area contributed by atoms with Gasteiger partial charge in [0.1, 0.15) is 12.6 Å². The Hall–Kier alpha value is -2.04. The van der Waals surface area contributed by atoms with E-state index in [2.05, 4.69) is 12.2 Å². The predicted octanol–water partition coefficient (Wildman–Crippen LogP) is 2.57. The number of para-hydroxylation sites is 2. The molecule has 2 aliphatic rings. The molecule has 0 saturated heterocycles. The molecule has 0 bridgehead atoms. The largest absolute Gasteiger partial charge is 0.461 e. The zero-order chi connectivity index (χ0) is 15.5. The van der Waals surface area contributed by atoms with Crippen LogP contribution in [-0.2, 0) is 14.3 Å². The van der Waals surface area contributed by atoms with Crippen molar-refractivity contribution >= 4 is 23.3 Å². The van der Waals surface area contributed by atoms with Gasteiger partial charge < -0.3 is 10.1 Å². The molecule has 1 aliphatic heterocycles. The number of hydrogen-bond acceptors (Lipinski definition) is 4. The first-order chi connectivity index (χ1) is 10.6. The van der Waals surface area contributed by atoms with E-state index in [0.717, 1.165) is 43.0 Å². The van der Waals surface area contributed by atoms with E-state index in [-0.39, 0.29) is 31.1 Å². The van der Waals surface area contributed by atoms with Gasteiger partial charge in [-0.25, -0.2) is 0 Å². The number of fused-ring (bicyclic) bond motifs is 1. The average Bonchev–Trinajstić information content (AvgIpc) is 2.52. The van der Waals surface area contributed by atoms with Gasteiger partial charge in [0.2, 0.25) is 5.91 Å². The molecule has 1 heterocycles. The number of nitrogens with one attached hydrogen (secondary N) is 1. The third kappa shape index (κ3) is 3.24. The molecule has 0 aromatic heterocycles. The maximum absolute atomic E-state index is 12.2. The van der Waals surface area contributed by atoms with Crippen LogP contribution in [0.5, 0.6) is 0 Å². The molecule has 1 saturated carbocycles. The van der Waals surface area contributed by atoms with Crippen molar-refractivity contribution in [3.05, 3.63) is 24.3 Å². The van der Waals surface area contributed by atoms with Crippen LogP contribution in [0.25, 0.3) is 0 Å². The summed E-state index contributed by atoms with van der Waals surface area (Å²) in [5.74, 6) is 0.300. The number of esters is 1. The standard InChI is InChI=1S/C17H22N2O3/c1-12-6-8-13(9-7-12)22-17(21)11-19-15-5-3-2-4-14(15)18-10-16(19)20/h2-5,12-13,18H,6-11H2,1H3. The lowest BCUT2D eigenvalue weighted by atomic mass is 9.89. The van der Waals surface area contributed by atoms with Crippen molar-refractivity contribution < 1.29 is 14.3 Å². The van der Waals surface area contributed by atoms with Crippen LogP contribution in [0.3, 0.4) is 0 Å². The lowest BCUT2D eigenvalue weighted by molar-refractivity contribution is -0.149. The fourth-order valence-corrected chi connectivity index (χ4v) is 3.13. The van der Waals surface area contributed by atoms with Crippen molar-refractivity contribution in [1.82, 2.24) is 0 Å². The quantitative estimate of drug-likeness (QED) is 0.872. The van der Waals surface area contributed by atoms with Crippen molar-refractivity contribution in [2.24, 2.45) is 5.92 Å². The molecular formula is C17H22N2O3. The first kappa shape index (κ1) is 14.9. The number of amides is 1. The highest BCUT2D eigenvalue weighted by molar-refractivity contribution is 6.05. The Kier molecular flexibility index (Phi) is 4.32. The Balaban J connectivity index is 1.62. The molecule has 22 heavy (non-hydrogen) atoms. The molecule has 118 valence electrons. The third-order valence-corrected chi connectivity index (χ3v) is 4.47. The van der Waals surface area contributed by atoms with E-state index in [0.29, 0.717) is 0 Å². The molecule has 0 radical (unpaired) electrons. The van der Waals surface area contributed by atoms with Crippen molar-refractivity contribution in [3.8, 4) is 0 Å². The lowest BCUT2D eigenvalue weighted by Gasteiger charge is -2.31. The molecule has 1 aliphatic carbocycles. The van der Waals surface area contributed by atoms with Crippen LogP contribution in [0.15, 0.2) is 24.3 Å². The van der Waals surface area contributed by atoms with Crippen molar-refractivity contribution in [2.75, 3.05) is 23.3 Å². The zero-order valence-electron chi connectivity index (χ0n) is 12.9. The second kappa shape index (κ2) is 6.38. The van der Waals surface area contributed by atoms with Gasteiger partial charge in [0, 0.05) is 0 Å². The van der Waals surface area contributed by atoms with Crippen LogP contribution in [0.2, 0.25) is 0 Å². The Labute approximate surface area is 130 Å². The summed E-state index contributed by atoms with van der Waals surface area (Å²) >= 11 is 0. The number of benzene rings is 1. The van der Waals surface area contributed by atoms with Crippen LogP contribution < -0.4 is 10.2 Å². The minimum atomic E-state index is -0.315. The average molecular weight is 302 g/mol. The van der Waals surface area contributed by atoms with E-state index in [1.165, 1.54) is 4.90 Å². The maximum atomic E-state index is 12.2. The summed E-state index contributed by atoms with van der Waals surface area (Å²) in [7, 11) is 0. The number of hydrogen-bond donors (Lipinski definition) is 1. The van der Waals surface area contributed by atoms with Crippen LogP contribution in [0.4, 0.5) is 11.4 Å². The number of carbonyl (C=O) groups is 2. The minimum absolute atomic E-state index is 0.0103. The second-order valence-corrected chi connectivity index (χ2v) is 6.22. The third-order valence-electron chi connectivity index (χ3n) is 4.47. The van der Waals surface area contributed by atoms with Crippen LogP contribution in [0, 0.1) is 5.92 Å². The number of carbonyl (C=O) groups excluding carboxylic acids is 2. The van der Waals surface area contributed by atoms with Gasteiger partial charge in [-0.1, -0.05) is 19.1 Å². The van der Waals surface area contributed by atoms with Crippen LogP contribution in [-0.4, -0.2) is 31.1 Å². The monoisotopic (exact) mass is 302 g/mol. The van der Waals surface area contributed by atoms with Crippen molar-refractivity contribution in [3.63, 3.8) is 0 Å². The molecule has 1 fully saturated rings. The van der Waals surface area contributed by atoms with Crippen molar-refractivity contribution in [2.45, 2.75) is 38.7 Å². The fourth-order valence-electron chi connectivity index (χ4n) is 3.13. The summed E-state index contributed by atoms with van der Waals surface area (Å²) in [4.78, 5) is 25.8. The fraction of sp³-hybridized carbons (Fsp3) is 0.529. The number of nitrogens with zero attached hydrogens (tertiary/aromatic N) is 1. The second-order valence-electron chi connectivity index (χ2n) is 6.22. The van der Waals surface area contributed by atoms with E-state index in [4.69, 9.17) is 4.74 Å². The topological polar surface area (TPSA) is 58.6 Å². The number of ether oxygens (including phenoxy) is 1. The molecule has 1 aromatic carbocycles. The summed E-state index contributed by atoms with van der Waals surface area (Å²) in [5.41, 5.74) is 1.62. The summed E-state index contributed by atoms with van der Waals surface area (Å²) in [6.07, 6.45) is 4.08. The highest BCUT2D eigenvalue weighted by Crippen LogP contribution is 2.29. The Bertz CT molecular complexity index is 565. The normalized spacial score (nSPS) is 24.4. The molecule has 0 spiro atoms. The van der Waals surface area contributed by atoms with E-state index in [1.807, 2.05) is 24.3 Å². The van der Waals surface area contributed by atoms with Gasteiger partial charge in [0.05, 0.1) is 17.9 Å². The van der Waals surface area contributed by atoms with E-state index in [1.54, 1.807) is 0 Å². The smallest absolute Gasteiger partial charge is 0.326 e. The molecule has 3 rings (SSSR count). The molecule has 5 heteroatoms. The lowest BCUT2D eigenvalue weighted by Crippen LogP contribution is -2.44. The van der Waals surface area contributed by atoms with Gasteiger partial charge in [-0.2, -0.15) is 0 Å². The first-order valence-electron chi connectivity index (χ1n) is 7.96. The first-order valence-corrected chi connectivity index (χ1v) is 7.96. The molecule has 0 unspecified atom stereocenters. The number of rotatable bonds is 3. The molecular weight excluding hydrogens is 280 g/mol. The molecule has 1 N–H and O–H groups in total. The summed E-state index contributed by atoms with van der Waals surface area (Å²) in [6, 6.07) is 7.51. The predicted molar refractivity (Wildman–Crippen MR) is 84.8 cm³/mol. The Morgan fingerprint density at radius 1 is 1.27 bits per heavy atom. The summed E-state index contributed by atoms with van der Waals surface area (Å²) < 4.78 is 5.55.